The lowest BCUT2D eigenvalue weighted by atomic mass is 10.0. The van der Waals surface area contributed by atoms with Crippen LogP contribution in [0.1, 0.15) is 55.8 Å². The molecule has 1 N–H and O–H groups in total. The molecule has 0 bridgehead atoms. The average Bonchev–Trinajstić information content (AvgIpc) is 3.22. The standard InChI is InChI=1S/C20H30ClN3O3S/c1-16-7-2-3-11-23(16)12-6-10-22-20(25)18-15-17(8-9-19(18)21)28(26,27)24-13-4-5-14-24/h8-9,15-16H,2-7,10-14H2,1H3,(H,22,25)/t16-/m0/s1. The molecule has 1 amide bonds. The summed E-state index contributed by atoms with van der Waals surface area (Å²) in [6.45, 7) is 5.93. The van der Waals surface area contributed by atoms with Gasteiger partial charge in [0.2, 0.25) is 10.0 Å². The summed E-state index contributed by atoms with van der Waals surface area (Å²) in [4.78, 5) is 15.2. The monoisotopic (exact) mass is 427 g/mol. The minimum atomic E-state index is -3.57. The predicted octanol–water partition coefficient (Wildman–Crippen LogP) is 3.12. The average molecular weight is 428 g/mol. The van der Waals surface area contributed by atoms with E-state index in [1.54, 1.807) is 0 Å². The Morgan fingerprint density at radius 3 is 2.61 bits per heavy atom. The van der Waals surface area contributed by atoms with Gasteiger partial charge in [-0.3, -0.25) is 4.79 Å². The van der Waals surface area contributed by atoms with E-state index in [4.69, 9.17) is 11.6 Å². The summed E-state index contributed by atoms with van der Waals surface area (Å²) >= 11 is 6.18. The van der Waals surface area contributed by atoms with E-state index in [1.807, 2.05) is 0 Å². The van der Waals surface area contributed by atoms with Crippen molar-refractivity contribution in [3.05, 3.63) is 28.8 Å². The largest absolute Gasteiger partial charge is 0.352 e. The molecule has 1 atom stereocenters. The van der Waals surface area contributed by atoms with Gasteiger partial charge < -0.3 is 10.2 Å². The minimum absolute atomic E-state index is 0.131. The summed E-state index contributed by atoms with van der Waals surface area (Å²) in [5, 5.41) is 3.15. The Hall–Kier alpha value is -1.15. The highest BCUT2D eigenvalue weighted by Gasteiger charge is 2.28. The van der Waals surface area contributed by atoms with Crippen molar-refractivity contribution in [3.63, 3.8) is 0 Å². The van der Waals surface area contributed by atoms with Gasteiger partial charge in [-0.1, -0.05) is 18.0 Å². The van der Waals surface area contributed by atoms with Gasteiger partial charge >= 0.3 is 0 Å². The van der Waals surface area contributed by atoms with Crippen LogP contribution in [0.15, 0.2) is 23.1 Å². The first-order valence-electron chi connectivity index (χ1n) is 10.2. The molecule has 0 unspecified atom stereocenters. The molecular weight excluding hydrogens is 398 g/mol. The number of amides is 1. The van der Waals surface area contributed by atoms with Gasteiger partial charge in [0.1, 0.15) is 0 Å². The van der Waals surface area contributed by atoms with Gasteiger partial charge in [0.25, 0.3) is 5.91 Å². The van der Waals surface area contributed by atoms with Gasteiger partial charge in [-0.05, 0) is 63.8 Å². The molecule has 28 heavy (non-hydrogen) atoms. The van der Waals surface area contributed by atoms with Gasteiger partial charge in [-0.2, -0.15) is 4.31 Å². The summed E-state index contributed by atoms with van der Waals surface area (Å²) < 4.78 is 26.9. The Morgan fingerprint density at radius 1 is 1.18 bits per heavy atom. The zero-order chi connectivity index (χ0) is 20.1. The van der Waals surface area contributed by atoms with Crippen molar-refractivity contribution < 1.29 is 13.2 Å². The first kappa shape index (κ1) is 21.6. The molecule has 0 aromatic heterocycles. The third-order valence-corrected chi connectivity index (χ3v) is 7.96. The fraction of sp³-hybridized carbons (Fsp3) is 0.650. The highest BCUT2D eigenvalue weighted by molar-refractivity contribution is 7.89. The summed E-state index contributed by atoms with van der Waals surface area (Å²) in [6.07, 6.45) is 6.37. The second-order valence-corrected chi connectivity index (χ2v) is 10.1. The Labute approximate surface area is 173 Å². The fourth-order valence-corrected chi connectivity index (χ4v) is 5.73. The molecule has 2 fully saturated rings. The Morgan fingerprint density at radius 2 is 1.89 bits per heavy atom. The number of benzene rings is 1. The van der Waals surface area contributed by atoms with Gasteiger partial charge in [-0.15, -0.1) is 0 Å². The third kappa shape index (κ3) is 5.06. The third-order valence-electron chi connectivity index (χ3n) is 5.73. The number of halogens is 1. The molecule has 0 spiro atoms. The number of sulfonamides is 1. The molecule has 1 aromatic carbocycles. The molecule has 1 aromatic rings. The topological polar surface area (TPSA) is 69.7 Å². The van der Waals surface area contributed by atoms with E-state index in [0.717, 1.165) is 32.4 Å². The van der Waals surface area contributed by atoms with E-state index in [2.05, 4.69) is 17.1 Å². The normalized spacial score (nSPS) is 21.7. The molecule has 8 heteroatoms. The summed E-state index contributed by atoms with van der Waals surface area (Å²) in [7, 11) is -3.57. The van der Waals surface area contributed by atoms with E-state index in [9.17, 15) is 13.2 Å². The molecule has 0 radical (unpaired) electrons. The van der Waals surface area contributed by atoms with Crippen molar-refractivity contribution in [2.75, 3.05) is 32.7 Å². The number of piperidine rings is 1. The summed E-state index contributed by atoms with van der Waals surface area (Å²) in [6, 6.07) is 4.98. The molecule has 2 aliphatic rings. The summed E-state index contributed by atoms with van der Waals surface area (Å²) in [5.74, 6) is -0.324. The first-order valence-corrected chi connectivity index (χ1v) is 12.0. The van der Waals surface area contributed by atoms with E-state index < -0.39 is 10.0 Å². The predicted molar refractivity (Wildman–Crippen MR) is 111 cm³/mol. The van der Waals surface area contributed by atoms with Gasteiger partial charge in [0.05, 0.1) is 15.5 Å². The maximum atomic E-state index is 12.7. The number of carbonyl (C=O) groups excluding carboxylic acids is 1. The molecule has 6 nitrogen and oxygen atoms in total. The van der Waals surface area contributed by atoms with Crippen LogP contribution in [-0.2, 0) is 10.0 Å². The Balaban J connectivity index is 1.58. The zero-order valence-electron chi connectivity index (χ0n) is 16.5. The Kier molecular flexibility index (Phi) is 7.36. The number of nitrogens with zero attached hydrogens (tertiary/aromatic N) is 2. The lowest BCUT2D eigenvalue weighted by Crippen LogP contribution is -2.39. The van der Waals surface area contributed by atoms with Crippen molar-refractivity contribution in [3.8, 4) is 0 Å². The van der Waals surface area contributed by atoms with E-state index in [0.29, 0.717) is 25.7 Å². The van der Waals surface area contributed by atoms with E-state index >= 15 is 0 Å². The molecule has 0 aliphatic carbocycles. The molecule has 2 heterocycles. The zero-order valence-corrected chi connectivity index (χ0v) is 18.1. The number of hydrogen-bond acceptors (Lipinski definition) is 4. The smallest absolute Gasteiger partial charge is 0.252 e. The van der Waals surface area contributed by atoms with Crippen LogP contribution in [0.5, 0.6) is 0 Å². The van der Waals surface area contributed by atoms with Gasteiger partial charge in [-0.25, -0.2) is 8.42 Å². The maximum absolute atomic E-state index is 12.7. The van der Waals surface area contributed by atoms with Crippen LogP contribution < -0.4 is 5.32 Å². The van der Waals surface area contributed by atoms with Crippen molar-refractivity contribution >= 4 is 27.5 Å². The Bertz CT molecular complexity index is 794. The van der Waals surface area contributed by atoms with Crippen molar-refractivity contribution in [1.29, 1.82) is 0 Å². The molecule has 156 valence electrons. The number of rotatable bonds is 7. The SMILES string of the molecule is C[C@H]1CCCCN1CCCNC(=O)c1cc(S(=O)(=O)N2CCCC2)ccc1Cl. The van der Waals surface area contributed by atoms with Crippen LogP contribution in [0.3, 0.4) is 0 Å². The van der Waals surface area contributed by atoms with E-state index in [1.165, 1.54) is 41.8 Å². The second kappa shape index (κ2) is 9.57. The second-order valence-electron chi connectivity index (χ2n) is 7.74. The van der Waals surface area contributed by atoms with Crippen LogP contribution in [0, 0.1) is 0 Å². The quantitative estimate of drug-likeness (QED) is 0.679. The van der Waals surface area contributed by atoms with Crippen molar-refractivity contribution in [1.82, 2.24) is 14.5 Å². The molecule has 0 saturated carbocycles. The van der Waals surface area contributed by atoms with Gasteiger partial charge in [0, 0.05) is 32.2 Å². The summed E-state index contributed by atoms with van der Waals surface area (Å²) in [5.41, 5.74) is 0.216. The number of nitrogens with one attached hydrogen (secondary N) is 1. The lowest BCUT2D eigenvalue weighted by molar-refractivity contribution is 0.0949. The van der Waals surface area contributed by atoms with Gasteiger partial charge in [0.15, 0.2) is 0 Å². The van der Waals surface area contributed by atoms with E-state index in [-0.39, 0.29) is 21.4 Å². The minimum Gasteiger partial charge on any atom is -0.352 e. The number of likely N-dealkylation sites (tertiary alicyclic amines) is 1. The number of carbonyl (C=O) groups is 1. The molecule has 2 aliphatic heterocycles. The van der Waals surface area contributed by atoms with Crippen LogP contribution in [0.25, 0.3) is 0 Å². The highest BCUT2D eigenvalue weighted by atomic mass is 35.5. The number of hydrogen-bond donors (Lipinski definition) is 1. The highest BCUT2D eigenvalue weighted by Crippen LogP contribution is 2.25. The van der Waals surface area contributed by atoms with Crippen LogP contribution in [-0.4, -0.2) is 62.3 Å². The molecular formula is C20H30ClN3O3S. The lowest BCUT2D eigenvalue weighted by Gasteiger charge is -2.33. The van der Waals surface area contributed by atoms with Crippen LogP contribution in [0.2, 0.25) is 5.02 Å². The van der Waals surface area contributed by atoms with Crippen molar-refractivity contribution in [2.24, 2.45) is 0 Å². The maximum Gasteiger partial charge on any atom is 0.252 e. The van der Waals surface area contributed by atoms with Crippen LogP contribution in [0.4, 0.5) is 0 Å². The first-order chi connectivity index (χ1) is 13.4. The molecule has 3 rings (SSSR count). The fourth-order valence-electron chi connectivity index (χ4n) is 3.99. The van der Waals surface area contributed by atoms with Crippen molar-refractivity contribution in [2.45, 2.75) is 56.4 Å². The molecule has 2 saturated heterocycles. The van der Waals surface area contributed by atoms with Crippen LogP contribution >= 0.6 is 11.6 Å².